The zero-order valence-electron chi connectivity index (χ0n) is 16.3. The van der Waals surface area contributed by atoms with Crippen molar-refractivity contribution in [3.63, 3.8) is 0 Å². The van der Waals surface area contributed by atoms with Gasteiger partial charge in [-0.25, -0.2) is 0 Å². The van der Waals surface area contributed by atoms with Gasteiger partial charge >= 0.3 is 0 Å². The Morgan fingerprint density at radius 3 is 2.62 bits per heavy atom. The number of carbonyl (C=O) groups is 1. The van der Waals surface area contributed by atoms with Crippen LogP contribution < -0.4 is 4.80 Å². The Balaban J connectivity index is 2.00. The lowest BCUT2D eigenvalue weighted by Gasteiger charge is -2.05. The summed E-state index contributed by atoms with van der Waals surface area (Å²) >= 11 is 2.98. The Kier molecular flexibility index (Phi) is 6.83. The average molecular weight is 432 g/mol. The van der Waals surface area contributed by atoms with Gasteiger partial charge in [0.1, 0.15) is 0 Å². The van der Waals surface area contributed by atoms with Gasteiger partial charge in [0.2, 0.25) is 0 Å². The number of carbonyl (C=O) groups excluding carboxylic acids is 1. The highest BCUT2D eigenvalue weighted by atomic mass is 32.2. The molecule has 0 unspecified atom stereocenters. The van der Waals surface area contributed by atoms with Crippen LogP contribution in [0.15, 0.2) is 52.4 Å². The number of amides is 1. The van der Waals surface area contributed by atoms with Crippen LogP contribution in [-0.2, 0) is 11.3 Å². The van der Waals surface area contributed by atoms with E-state index in [1.54, 1.807) is 37.1 Å². The fourth-order valence-electron chi connectivity index (χ4n) is 2.76. The Labute approximate surface area is 176 Å². The number of hydrogen-bond acceptors (Lipinski definition) is 6. The summed E-state index contributed by atoms with van der Waals surface area (Å²) in [6.45, 7) is 5.16. The van der Waals surface area contributed by atoms with Crippen LogP contribution in [0.4, 0.5) is 5.69 Å². The fraction of sp³-hybridized carbons (Fsp3) is 0.300. The Morgan fingerprint density at radius 2 is 2.00 bits per heavy atom. The van der Waals surface area contributed by atoms with Gasteiger partial charge in [0, 0.05) is 41.5 Å². The molecule has 0 bridgehead atoms. The summed E-state index contributed by atoms with van der Waals surface area (Å²) < 4.78 is 7.72. The van der Waals surface area contributed by atoms with E-state index in [1.807, 2.05) is 16.7 Å². The SMILES string of the molecule is COCCn1c(=NC(=O)c2ccc(SC(C)C)cc2)sc2cc([N+](=O)[O-])ccc21. The third kappa shape index (κ3) is 5.11. The third-order valence-electron chi connectivity index (χ3n) is 4.07. The number of nitro groups is 1. The van der Waals surface area contributed by atoms with Crippen LogP contribution in [0.25, 0.3) is 10.2 Å². The molecule has 0 fully saturated rings. The first-order valence-corrected chi connectivity index (χ1v) is 10.7. The Bertz CT molecular complexity index is 1100. The van der Waals surface area contributed by atoms with Crippen molar-refractivity contribution in [1.82, 2.24) is 4.57 Å². The highest BCUT2D eigenvalue weighted by molar-refractivity contribution is 7.99. The van der Waals surface area contributed by atoms with Gasteiger partial charge in [0.15, 0.2) is 4.80 Å². The van der Waals surface area contributed by atoms with Gasteiger partial charge in [-0.15, -0.1) is 11.8 Å². The standard InChI is InChI=1S/C20H21N3O4S2/c1-13(2)28-16-7-4-14(5-8-16)19(24)21-20-22(10-11-27-3)17-9-6-15(23(25)26)12-18(17)29-20/h4-9,12-13H,10-11H2,1-3H3. The third-order valence-corrected chi connectivity index (χ3v) is 6.12. The minimum absolute atomic E-state index is 0.00811. The zero-order valence-corrected chi connectivity index (χ0v) is 18.0. The molecule has 0 radical (unpaired) electrons. The van der Waals surface area contributed by atoms with E-state index in [-0.39, 0.29) is 11.6 Å². The summed E-state index contributed by atoms with van der Waals surface area (Å²) in [5.74, 6) is -0.349. The molecule has 152 valence electrons. The smallest absolute Gasteiger partial charge is 0.279 e. The number of nitrogens with zero attached hydrogens (tertiary/aromatic N) is 3. The summed E-state index contributed by atoms with van der Waals surface area (Å²) in [5, 5.41) is 11.5. The molecule has 1 amide bonds. The van der Waals surface area contributed by atoms with E-state index < -0.39 is 4.92 Å². The van der Waals surface area contributed by atoms with Crippen molar-refractivity contribution in [3.8, 4) is 0 Å². The molecule has 1 aromatic heterocycles. The van der Waals surface area contributed by atoms with Crippen molar-refractivity contribution in [1.29, 1.82) is 0 Å². The van der Waals surface area contributed by atoms with Crippen molar-refractivity contribution in [3.05, 3.63) is 62.9 Å². The molecule has 0 spiro atoms. The summed E-state index contributed by atoms with van der Waals surface area (Å²) in [4.78, 5) is 29.2. The molecule has 3 rings (SSSR count). The van der Waals surface area contributed by atoms with Crippen molar-refractivity contribution >= 4 is 44.9 Å². The molecular formula is C20H21N3O4S2. The van der Waals surface area contributed by atoms with Crippen LogP contribution >= 0.6 is 23.1 Å². The number of thiazole rings is 1. The fourth-order valence-corrected chi connectivity index (χ4v) is 4.68. The van der Waals surface area contributed by atoms with Crippen molar-refractivity contribution in [2.75, 3.05) is 13.7 Å². The van der Waals surface area contributed by atoms with Crippen molar-refractivity contribution < 1.29 is 14.5 Å². The molecule has 0 aliphatic carbocycles. The first-order chi connectivity index (χ1) is 13.9. The predicted octanol–water partition coefficient (Wildman–Crippen LogP) is 4.50. The van der Waals surface area contributed by atoms with E-state index in [2.05, 4.69) is 18.8 Å². The number of rotatable bonds is 7. The van der Waals surface area contributed by atoms with Crippen molar-refractivity contribution in [2.24, 2.45) is 4.99 Å². The molecule has 1 heterocycles. The number of benzene rings is 2. The number of fused-ring (bicyclic) bond motifs is 1. The minimum atomic E-state index is -0.433. The van der Waals surface area contributed by atoms with Crippen LogP contribution in [0, 0.1) is 10.1 Å². The topological polar surface area (TPSA) is 86.7 Å². The molecule has 0 N–H and O–H groups in total. The number of hydrogen-bond donors (Lipinski definition) is 0. The number of thioether (sulfide) groups is 1. The molecule has 9 heteroatoms. The second-order valence-corrected chi connectivity index (χ2v) is 9.21. The van der Waals surface area contributed by atoms with E-state index in [4.69, 9.17) is 4.74 Å². The van der Waals surface area contributed by atoms with E-state index in [9.17, 15) is 14.9 Å². The maximum Gasteiger partial charge on any atom is 0.279 e. The highest BCUT2D eigenvalue weighted by Crippen LogP contribution is 2.24. The highest BCUT2D eigenvalue weighted by Gasteiger charge is 2.13. The molecule has 0 aliphatic rings. The molecule has 3 aromatic rings. The van der Waals surface area contributed by atoms with Gasteiger partial charge in [-0.2, -0.15) is 4.99 Å². The molecule has 0 saturated carbocycles. The average Bonchev–Trinajstić information content (AvgIpc) is 3.02. The predicted molar refractivity (Wildman–Crippen MR) is 116 cm³/mol. The molecule has 7 nitrogen and oxygen atoms in total. The first-order valence-electron chi connectivity index (χ1n) is 9.01. The minimum Gasteiger partial charge on any atom is -0.383 e. The van der Waals surface area contributed by atoms with Crippen LogP contribution in [0.2, 0.25) is 0 Å². The van der Waals surface area contributed by atoms with Gasteiger partial charge in [0.25, 0.3) is 11.6 Å². The van der Waals surface area contributed by atoms with E-state index in [0.717, 1.165) is 10.4 Å². The lowest BCUT2D eigenvalue weighted by molar-refractivity contribution is -0.384. The van der Waals surface area contributed by atoms with Gasteiger partial charge in [0.05, 0.1) is 21.7 Å². The molecule has 2 aromatic carbocycles. The lowest BCUT2D eigenvalue weighted by atomic mass is 10.2. The van der Waals surface area contributed by atoms with Crippen LogP contribution in [-0.4, -0.2) is 34.4 Å². The Morgan fingerprint density at radius 1 is 1.28 bits per heavy atom. The van der Waals surface area contributed by atoms with E-state index in [1.165, 1.54) is 23.5 Å². The number of nitro benzene ring substituents is 1. The van der Waals surface area contributed by atoms with E-state index >= 15 is 0 Å². The van der Waals surface area contributed by atoms with Crippen LogP contribution in [0.1, 0.15) is 24.2 Å². The second-order valence-electron chi connectivity index (χ2n) is 6.55. The van der Waals surface area contributed by atoms with Gasteiger partial charge in [-0.1, -0.05) is 25.2 Å². The number of methoxy groups -OCH3 is 1. The molecule has 0 aliphatic heterocycles. The van der Waals surface area contributed by atoms with Crippen molar-refractivity contribution in [2.45, 2.75) is 30.5 Å². The molecule has 0 atom stereocenters. The van der Waals surface area contributed by atoms with E-state index in [0.29, 0.717) is 33.5 Å². The largest absolute Gasteiger partial charge is 0.383 e. The first kappa shape index (κ1) is 21.2. The van der Waals surface area contributed by atoms with Gasteiger partial charge < -0.3 is 9.30 Å². The van der Waals surface area contributed by atoms with Crippen LogP contribution in [0.3, 0.4) is 0 Å². The summed E-state index contributed by atoms with van der Waals surface area (Å²) in [6, 6.07) is 12.0. The normalized spacial score (nSPS) is 12.1. The van der Waals surface area contributed by atoms with Gasteiger partial charge in [-0.05, 0) is 30.3 Å². The summed E-state index contributed by atoms with van der Waals surface area (Å²) in [7, 11) is 1.60. The maximum absolute atomic E-state index is 12.7. The quantitative estimate of drug-likeness (QED) is 0.312. The summed E-state index contributed by atoms with van der Waals surface area (Å²) in [6.07, 6.45) is 0. The second kappa shape index (κ2) is 9.34. The maximum atomic E-state index is 12.7. The number of aromatic nitrogens is 1. The Hall–Kier alpha value is -2.49. The van der Waals surface area contributed by atoms with Gasteiger partial charge in [-0.3, -0.25) is 14.9 Å². The molecule has 29 heavy (non-hydrogen) atoms. The monoisotopic (exact) mass is 431 g/mol. The lowest BCUT2D eigenvalue weighted by Crippen LogP contribution is -2.19. The summed E-state index contributed by atoms with van der Waals surface area (Å²) in [5.41, 5.74) is 1.29. The molecule has 0 saturated heterocycles. The zero-order chi connectivity index (χ0) is 21.0. The number of ether oxygens (including phenoxy) is 1. The number of non-ortho nitro benzene ring substituents is 1. The molecular weight excluding hydrogens is 410 g/mol. The van der Waals surface area contributed by atoms with Crippen LogP contribution in [0.5, 0.6) is 0 Å².